The Bertz CT molecular complexity index is 677. The van der Waals surface area contributed by atoms with Crippen LogP contribution >= 0.6 is 0 Å². The Balaban J connectivity index is 1.41. The second kappa shape index (κ2) is 5.92. The maximum atomic E-state index is 4.79. The molecule has 6 nitrogen and oxygen atoms in total. The zero-order valence-corrected chi connectivity index (χ0v) is 13.9. The number of nitrogens with zero attached hydrogens (tertiary/aromatic N) is 6. The van der Waals surface area contributed by atoms with Gasteiger partial charge in [0.2, 0.25) is 0 Å². The number of aromatic nitrogens is 4. The van der Waals surface area contributed by atoms with Crippen molar-refractivity contribution < 1.29 is 0 Å². The number of hydrogen-bond donors (Lipinski definition) is 0. The van der Waals surface area contributed by atoms with Crippen molar-refractivity contribution in [3.8, 4) is 0 Å². The van der Waals surface area contributed by atoms with Crippen LogP contribution in [0.3, 0.4) is 0 Å². The van der Waals surface area contributed by atoms with Crippen LogP contribution < -0.4 is 4.90 Å². The third-order valence-electron chi connectivity index (χ3n) is 4.84. The Kier molecular flexibility index (Phi) is 3.77. The summed E-state index contributed by atoms with van der Waals surface area (Å²) in [5.74, 6) is 2.74. The van der Waals surface area contributed by atoms with Gasteiger partial charge in [-0.1, -0.05) is 0 Å². The molecule has 3 heterocycles. The molecule has 6 heteroatoms. The predicted octanol–water partition coefficient (Wildman–Crippen LogP) is 1.80. The first-order valence-corrected chi connectivity index (χ1v) is 8.48. The molecule has 1 unspecified atom stereocenters. The highest BCUT2D eigenvalue weighted by Crippen LogP contribution is 2.38. The van der Waals surface area contributed by atoms with Gasteiger partial charge in [-0.3, -0.25) is 9.58 Å². The molecule has 1 saturated carbocycles. The summed E-state index contributed by atoms with van der Waals surface area (Å²) in [6.45, 7) is 6.36. The van der Waals surface area contributed by atoms with Crippen LogP contribution in [0.1, 0.15) is 37.1 Å². The molecule has 23 heavy (non-hydrogen) atoms. The summed E-state index contributed by atoms with van der Waals surface area (Å²) in [7, 11) is 1.97. The van der Waals surface area contributed by atoms with E-state index in [-0.39, 0.29) is 0 Å². The van der Waals surface area contributed by atoms with Crippen LogP contribution in [0, 0.1) is 0 Å². The topological polar surface area (TPSA) is 50.1 Å². The van der Waals surface area contributed by atoms with Gasteiger partial charge in [0, 0.05) is 63.1 Å². The average Bonchev–Trinajstić information content (AvgIpc) is 3.33. The van der Waals surface area contributed by atoms with Gasteiger partial charge in [-0.05, 0) is 25.8 Å². The highest BCUT2D eigenvalue weighted by Gasteiger charge is 2.28. The fraction of sp³-hybridized carbons (Fsp3) is 0.588. The standard InChI is InChI=1S/C17H24N6/c1-13-10-23(16-5-6-18-17(20-16)15-3-4-15)8-7-22(13)12-14-9-19-21(2)11-14/h5-6,9,11,13,15H,3-4,7-8,10,12H2,1-2H3. The molecule has 0 aromatic carbocycles. The molecule has 0 bridgehead atoms. The van der Waals surface area contributed by atoms with E-state index in [1.54, 1.807) is 0 Å². The van der Waals surface area contributed by atoms with Crippen molar-refractivity contribution in [2.75, 3.05) is 24.5 Å². The van der Waals surface area contributed by atoms with Crippen LogP contribution in [0.4, 0.5) is 5.82 Å². The predicted molar refractivity (Wildman–Crippen MR) is 89.3 cm³/mol. The molecular weight excluding hydrogens is 288 g/mol. The molecule has 2 aromatic heterocycles. The Labute approximate surface area is 137 Å². The van der Waals surface area contributed by atoms with Crippen LogP contribution in [-0.4, -0.2) is 50.3 Å². The molecule has 1 aliphatic heterocycles. The maximum absolute atomic E-state index is 4.79. The SMILES string of the molecule is CC1CN(c2ccnc(C3CC3)n2)CCN1Cc1cnn(C)c1. The van der Waals surface area contributed by atoms with Gasteiger partial charge in [0.25, 0.3) is 0 Å². The van der Waals surface area contributed by atoms with Crippen LogP contribution in [0.5, 0.6) is 0 Å². The summed E-state index contributed by atoms with van der Waals surface area (Å²) in [5.41, 5.74) is 1.28. The van der Waals surface area contributed by atoms with Crippen molar-refractivity contribution in [1.29, 1.82) is 0 Å². The minimum atomic E-state index is 0.503. The number of anilines is 1. The smallest absolute Gasteiger partial charge is 0.133 e. The van der Waals surface area contributed by atoms with Gasteiger partial charge in [-0.2, -0.15) is 5.10 Å². The van der Waals surface area contributed by atoms with E-state index in [9.17, 15) is 0 Å². The highest BCUT2D eigenvalue weighted by molar-refractivity contribution is 5.39. The molecule has 122 valence electrons. The summed E-state index contributed by atoms with van der Waals surface area (Å²) in [6, 6.07) is 2.55. The molecular formula is C17H24N6. The molecule has 0 radical (unpaired) electrons. The fourth-order valence-electron chi connectivity index (χ4n) is 3.30. The lowest BCUT2D eigenvalue weighted by atomic mass is 10.1. The van der Waals surface area contributed by atoms with E-state index in [4.69, 9.17) is 4.98 Å². The Morgan fingerprint density at radius 1 is 1.26 bits per heavy atom. The van der Waals surface area contributed by atoms with E-state index in [1.807, 2.05) is 24.1 Å². The lowest BCUT2D eigenvalue weighted by molar-refractivity contribution is 0.180. The fourth-order valence-corrected chi connectivity index (χ4v) is 3.30. The van der Waals surface area contributed by atoms with Crippen molar-refractivity contribution in [2.45, 2.75) is 38.3 Å². The van der Waals surface area contributed by atoms with Gasteiger partial charge in [-0.25, -0.2) is 9.97 Å². The molecule has 2 aromatic rings. The van der Waals surface area contributed by atoms with Gasteiger partial charge < -0.3 is 4.90 Å². The lowest BCUT2D eigenvalue weighted by Gasteiger charge is -2.40. The van der Waals surface area contributed by atoms with Crippen LogP contribution in [0.2, 0.25) is 0 Å². The number of rotatable bonds is 4. The minimum absolute atomic E-state index is 0.503. The normalized spacial score (nSPS) is 22.5. The van der Waals surface area contributed by atoms with E-state index in [0.29, 0.717) is 12.0 Å². The molecule has 4 rings (SSSR count). The van der Waals surface area contributed by atoms with Gasteiger partial charge in [0.05, 0.1) is 6.20 Å². The first kappa shape index (κ1) is 14.6. The van der Waals surface area contributed by atoms with Crippen molar-refractivity contribution in [2.24, 2.45) is 7.05 Å². The Morgan fingerprint density at radius 2 is 2.13 bits per heavy atom. The molecule has 0 N–H and O–H groups in total. The first-order chi connectivity index (χ1) is 11.2. The zero-order valence-electron chi connectivity index (χ0n) is 13.9. The van der Waals surface area contributed by atoms with Crippen LogP contribution in [0.15, 0.2) is 24.7 Å². The second-order valence-corrected chi connectivity index (χ2v) is 6.84. The number of aryl methyl sites for hydroxylation is 1. The largest absolute Gasteiger partial charge is 0.354 e. The zero-order chi connectivity index (χ0) is 15.8. The molecule has 0 amide bonds. The van der Waals surface area contributed by atoms with Crippen LogP contribution in [-0.2, 0) is 13.6 Å². The second-order valence-electron chi connectivity index (χ2n) is 6.84. The number of piperazine rings is 1. The Morgan fingerprint density at radius 3 is 2.83 bits per heavy atom. The monoisotopic (exact) mass is 312 g/mol. The van der Waals surface area contributed by atoms with Crippen molar-refractivity contribution in [1.82, 2.24) is 24.6 Å². The van der Waals surface area contributed by atoms with Gasteiger partial charge in [0.1, 0.15) is 11.6 Å². The third-order valence-corrected chi connectivity index (χ3v) is 4.84. The first-order valence-electron chi connectivity index (χ1n) is 8.48. The summed E-state index contributed by atoms with van der Waals surface area (Å²) < 4.78 is 1.87. The van der Waals surface area contributed by atoms with Gasteiger partial charge in [-0.15, -0.1) is 0 Å². The van der Waals surface area contributed by atoms with Crippen molar-refractivity contribution >= 4 is 5.82 Å². The van der Waals surface area contributed by atoms with E-state index < -0.39 is 0 Å². The van der Waals surface area contributed by atoms with Crippen molar-refractivity contribution in [3.05, 3.63) is 36.0 Å². The van der Waals surface area contributed by atoms with Crippen LogP contribution in [0.25, 0.3) is 0 Å². The molecule has 0 spiro atoms. The summed E-state index contributed by atoms with van der Waals surface area (Å²) in [4.78, 5) is 14.1. The molecule has 2 aliphatic rings. The minimum Gasteiger partial charge on any atom is -0.354 e. The molecule has 1 aliphatic carbocycles. The van der Waals surface area contributed by atoms with E-state index >= 15 is 0 Å². The average molecular weight is 312 g/mol. The summed E-state index contributed by atoms with van der Waals surface area (Å²) in [5, 5.41) is 4.26. The highest BCUT2D eigenvalue weighted by atomic mass is 15.3. The Hall–Kier alpha value is -1.95. The molecule has 1 saturated heterocycles. The van der Waals surface area contributed by atoms with E-state index in [2.05, 4.69) is 39.1 Å². The quantitative estimate of drug-likeness (QED) is 0.861. The maximum Gasteiger partial charge on any atom is 0.133 e. The van der Waals surface area contributed by atoms with Gasteiger partial charge in [0.15, 0.2) is 0 Å². The number of hydrogen-bond acceptors (Lipinski definition) is 5. The van der Waals surface area contributed by atoms with E-state index in [1.165, 1.54) is 18.4 Å². The van der Waals surface area contributed by atoms with E-state index in [0.717, 1.165) is 37.8 Å². The molecule has 1 atom stereocenters. The lowest BCUT2D eigenvalue weighted by Crippen LogP contribution is -2.51. The molecule has 2 fully saturated rings. The summed E-state index contributed by atoms with van der Waals surface area (Å²) in [6.07, 6.45) is 8.48. The third kappa shape index (κ3) is 3.22. The van der Waals surface area contributed by atoms with Gasteiger partial charge >= 0.3 is 0 Å². The summed E-state index contributed by atoms with van der Waals surface area (Å²) >= 11 is 0. The van der Waals surface area contributed by atoms with Crippen molar-refractivity contribution in [3.63, 3.8) is 0 Å².